The van der Waals surface area contributed by atoms with Crippen molar-refractivity contribution in [3.8, 4) is 0 Å². The van der Waals surface area contributed by atoms with Crippen molar-refractivity contribution in [2.45, 2.75) is 37.2 Å². The molecule has 0 spiro atoms. The fourth-order valence-corrected chi connectivity index (χ4v) is 3.73. The number of aliphatic hydroxyl groups is 1. The average Bonchev–Trinajstić information content (AvgIpc) is 3.24. The van der Waals surface area contributed by atoms with Crippen LogP contribution in [0.3, 0.4) is 0 Å². The van der Waals surface area contributed by atoms with Gasteiger partial charge in [-0.15, -0.1) is 0 Å². The lowest BCUT2D eigenvalue weighted by Crippen LogP contribution is -2.31. The van der Waals surface area contributed by atoms with Gasteiger partial charge in [0, 0.05) is 18.4 Å². The van der Waals surface area contributed by atoms with Gasteiger partial charge in [0.2, 0.25) is 10.0 Å². The van der Waals surface area contributed by atoms with E-state index >= 15 is 0 Å². The van der Waals surface area contributed by atoms with Crippen LogP contribution in [0.2, 0.25) is 0 Å². The predicted molar refractivity (Wildman–Crippen MR) is 66.3 cm³/mol. The summed E-state index contributed by atoms with van der Waals surface area (Å²) < 4.78 is 26.8. The Bertz CT molecular complexity index is 541. The van der Waals surface area contributed by atoms with Gasteiger partial charge in [-0.3, -0.25) is 0 Å². The summed E-state index contributed by atoms with van der Waals surface area (Å²) in [5.41, 5.74) is 0.766. The van der Waals surface area contributed by atoms with Gasteiger partial charge in [-0.2, -0.15) is 0 Å². The second-order valence-electron chi connectivity index (χ2n) is 5.48. The summed E-state index contributed by atoms with van der Waals surface area (Å²) in [6.07, 6.45) is 6.22. The van der Waals surface area contributed by atoms with Gasteiger partial charge in [-0.1, -0.05) is 0 Å². The van der Waals surface area contributed by atoms with Gasteiger partial charge >= 0.3 is 0 Å². The standard InChI is InChI=1S/C12H18N2O3S/c15-7-10-5-11(6-13-10)18(16,17)14-8-12(3-4-12)9-1-2-9/h5-6,9,13-15H,1-4,7-8H2. The van der Waals surface area contributed by atoms with E-state index in [9.17, 15) is 8.42 Å². The first-order valence-electron chi connectivity index (χ1n) is 6.34. The van der Waals surface area contributed by atoms with E-state index in [1.54, 1.807) is 0 Å². The summed E-state index contributed by atoms with van der Waals surface area (Å²) in [5, 5.41) is 8.92. The van der Waals surface area contributed by atoms with Crippen molar-refractivity contribution >= 4 is 10.0 Å². The molecule has 2 aliphatic carbocycles. The SMILES string of the molecule is O=S(=O)(NCC1(C2CC2)CC1)c1c[nH]c(CO)c1. The molecule has 0 aromatic carbocycles. The number of nitrogens with one attached hydrogen (secondary N) is 2. The second-order valence-corrected chi connectivity index (χ2v) is 7.25. The lowest BCUT2D eigenvalue weighted by atomic mass is 10.0. The zero-order valence-corrected chi connectivity index (χ0v) is 11.0. The summed E-state index contributed by atoms with van der Waals surface area (Å²) in [6, 6.07) is 1.47. The largest absolute Gasteiger partial charge is 0.390 e. The summed E-state index contributed by atoms with van der Waals surface area (Å²) >= 11 is 0. The quantitative estimate of drug-likeness (QED) is 0.720. The van der Waals surface area contributed by atoms with Crippen molar-refractivity contribution in [1.82, 2.24) is 9.71 Å². The van der Waals surface area contributed by atoms with E-state index in [4.69, 9.17) is 5.11 Å². The Morgan fingerprint density at radius 1 is 1.44 bits per heavy atom. The van der Waals surface area contributed by atoms with Crippen LogP contribution in [0.5, 0.6) is 0 Å². The van der Waals surface area contributed by atoms with Gasteiger partial charge < -0.3 is 10.1 Å². The van der Waals surface area contributed by atoms with Crippen LogP contribution < -0.4 is 4.72 Å². The molecule has 18 heavy (non-hydrogen) atoms. The summed E-state index contributed by atoms with van der Waals surface area (Å²) in [6.45, 7) is 0.376. The van der Waals surface area contributed by atoms with E-state index < -0.39 is 10.0 Å². The van der Waals surface area contributed by atoms with E-state index in [0.717, 1.165) is 18.8 Å². The third kappa shape index (κ3) is 2.20. The minimum absolute atomic E-state index is 0.179. The number of aromatic nitrogens is 1. The normalized spacial score (nSPS) is 22.1. The van der Waals surface area contributed by atoms with Crippen molar-refractivity contribution in [1.29, 1.82) is 0 Å². The van der Waals surface area contributed by atoms with Crippen molar-refractivity contribution in [3.05, 3.63) is 18.0 Å². The molecule has 0 atom stereocenters. The highest BCUT2D eigenvalue weighted by Crippen LogP contribution is 2.60. The molecule has 1 aromatic heterocycles. The third-order valence-corrected chi connectivity index (χ3v) is 5.53. The van der Waals surface area contributed by atoms with E-state index in [-0.39, 0.29) is 16.9 Å². The van der Waals surface area contributed by atoms with Gasteiger partial charge in [-0.05, 0) is 43.1 Å². The molecule has 1 aromatic rings. The van der Waals surface area contributed by atoms with Crippen molar-refractivity contribution in [2.75, 3.05) is 6.54 Å². The molecule has 0 saturated heterocycles. The van der Waals surface area contributed by atoms with E-state index in [0.29, 0.717) is 12.2 Å². The number of aromatic amines is 1. The number of sulfonamides is 1. The van der Waals surface area contributed by atoms with Crippen molar-refractivity contribution in [3.63, 3.8) is 0 Å². The molecule has 1 heterocycles. The Morgan fingerprint density at radius 2 is 2.17 bits per heavy atom. The van der Waals surface area contributed by atoms with Crippen molar-refractivity contribution < 1.29 is 13.5 Å². The molecule has 0 unspecified atom stereocenters. The zero-order chi connectivity index (χ0) is 12.8. The molecule has 5 nitrogen and oxygen atoms in total. The van der Waals surface area contributed by atoms with Crippen LogP contribution in [0.4, 0.5) is 0 Å². The van der Waals surface area contributed by atoms with Crippen LogP contribution in [0.15, 0.2) is 17.2 Å². The lowest BCUT2D eigenvalue weighted by molar-refractivity contribution is 0.277. The molecular formula is C12H18N2O3S. The maximum Gasteiger partial charge on any atom is 0.242 e. The first-order chi connectivity index (χ1) is 8.56. The third-order valence-electron chi connectivity index (χ3n) is 4.15. The molecule has 2 fully saturated rings. The van der Waals surface area contributed by atoms with Gasteiger partial charge in [0.1, 0.15) is 0 Å². The average molecular weight is 270 g/mol. The van der Waals surface area contributed by atoms with Gasteiger partial charge in [0.05, 0.1) is 11.5 Å². The molecule has 3 N–H and O–H groups in total. The van der Waals surface area contributed by atoms with E-state index in [1.807, 2.05) is 0 Å². The molecule has 2 saturated carbocycles. The van der Waals surface area contributed by atoms with Gasteiger partial charge in [0.15, 0.2) is 0 Å². The molecule has 2 aliphatic rings. The lowest BCUT2D eigenvalue weighted by Gasteiger charge is -2.14. The first kappa shape index (κ1) is 12.2. The number of hydrogen-bond donors (Lipinski definition) is 3. The highest BCUT2D eigenvalue weighted by Gasteiger charge is 2.53. The topological polar surface area (TPSA) is 82.2 Å². The Hall–Kier alpha value is -0.850. The number of hydrogen-bond acceptors (Lipinski definition) is 3. The summed E-state index contributed by atoms with van der Waals surface area (Å²) in [5.74, 6) is 0.736. The highest BCUT2D eigenvalue weighted by atomic mass is 32.2. The van der Waals surface area contributed by atoms with Gasteiger partial charge in [-0.25, -0.2) is 13.1 Å². The summed E-state index contributed by atoms with van der Waals surface area (Å²) in [7, 11) is -3.44. The van der Waals surface area contributed by atoms with E-state index in [1.165, 1.54) is 25.1 Å². The molecule has 0 bridgehead atoms. The number of H-pyrrole nitrogens is 1. The zero-order valence-electron chi connectivity index (χ0n) is 10.1. The van der Waals surface area contributed by atoms with E-state index in [2.05, 4.69) is 9.71 Å². The van der Waals surface area contributed by atoms with Crippen LogP contribution in [-0.2, 0) is 16.6 Å². The maximum atomic E-state index is 12.1. The maximum absolute atomic E-state index is 12.1. The molecule has 100 valence electrons. The molecule has 0 radical (unpaired) electrons. The number of aliphatic hydroxyl groups excluding tert-OH is 1. The van der Waals surface area contributed by atoms with Crippen LogP contribution >= 0.6 is 0 Å². The van der Waals surface area contributed by atoms with Crippen LogP contribution in [0.25, 0.3) is 0 Å². The molecule has 0 amide bonds. The minimum Gasteiger partial charge on any atom is -0.390 e. The van der Waals surface area contributed by atoms with Crippen LogP contribution in [0.1, 0.15) is 31.4 Å². The highest BCUT2D eigenvalue weighted by molar-refractivity contribution is 7.89. The number of rotatable bonds is 6. The fraction of sp³-hybridized carbons (Fsp3) is 0.667. The Balaban J connectivity index is 1.67. The second kappa shape index (κ2) is 4.08. The molecule has 6 heteroatoms. The first-order valence-corrected chi connectivity index (χ1v) is 7.82. The Labute approximate surface area is 107 Å². The predicted octanol–water partition coefficient (Wildman–Crippen LogP) is 0.975. The molecule has 3 rings (SSSR count). The molecule has 0 aliphatic heterocycles. The molecular weight excluding hydrogens is 252 g/mol. The Kier molecular flexibility index (Phi) is 2.76. The van der Waals surface area contributed by atoms with Gasteiger partial charge in [0.25, 0.3) is 0 Å². The Morgan fingerprint density at radius 3 is 2.67 bits per heavy atom. The minimum atomic E-state index is -3.44. The smallest absolute Gasteiger partial charge is 0.242 e. The van der Waals surface area contributed by atoms with Crippen molar-refractivity contribution in [2.24, 2.45) is 11.3 Å². The summed E-state index contributed by atoms with van der Waals surface area (Å²) in [4.78, 5) is 2.95. The monoisotopic (exact) mass is 270 g/mol. The van der Waals surface area contributed by atoms with Crippen LogP contribution in [-0.4, -0.2) is 25.1 Å². The van der Waals surface area contributed by atoms with Crippen LogP contribution in [0, 0.1) is 11.3 Å². The fourth-order valence-electron chi connectivity index (χ4n) is 2.57.